The van der Waals surface area contributed by atoms with E-state index in [1.807, 2.05) is 0 Å². The lowest BCUT2D eigenvalue weighted by Gasteiger charge is -2.17. The van der Waals surface area contributed by atoms with E-state index in [1.54, 1.807) is 25.1 Å². The van der Waals surface area contributed by atoms with Crippen molar-refractivity contribution in [3.05, 3.63) is 29.8 Å². The summed E-state index contributed by atoms with van der Waals surface area (Å²) in [5, 5.41) is 2.67. The van der Waals surface area contributed by atoms with E-state index in [0.717, 1.165) is 0 Å². The normalized spacial score (nSPS) is 20.5. The molecule has 126 valence electrons. The van der Waals surface area contributed by atoms with Crippen LogP contribution in [0.5, 0.6) is 5.75 Å². The van der Waals surface area contributed by atoms with Crippen molar-refractivity contribution in [3.8, 4) is 5.75 Å². The van der Waals surface area contributed by atoms with Gasteiger partial charge in [-0.25, -0.2) is 13.2 Å². The predicted molar refractivity (Wildman–Crippen MR) is 83.1 cm³/mol. The van der Waals surface area contributed by atoms with Crippen LogP contribution >= 0.6 is 0 Å². The number of hydrogen-bond donors (Lipinski definition) is 1. The summed E-state index contributed by atoms with van der Waals surface area (Å²) in [6.07, 6.45) is -0.398. The quantitative estimate of drug-likeness (QED) is 0.785. The molecule has 1 aromatic rings. The van der Waals surface area contributed by atoms with Gasteiger partial charge in [0, 0.05) is 6.04 Å². The van der Waals surface area contributed by atoms with E-state index in [1.165, 1.54) is 13.2 Å². The van der Waals surface area contributed by atoms with Crippen LogP contribution in [0.3, 0.4) is 0 Å². The first-order chi connectivity index (χ1) is 10.8. The molecule has 1 amide bonds. The van der Waals surface area contributed by atoms with Crippen LogP contribution < -0.4 is 10.1 Å². The molecule has 8 heteroatoms. The van der Waals surface area contributed by atoms with Gasteiger partial charge in [-0.3, -0.25) is 4.79 Å². The third kappa shape index (κ3) is 4.69. The molecular formula is C15H19NO6S. The molecule has 0 spiro atoms. The molecule has 7 nitrogen and oxygen atoms in total. The maximum absolute atomic E-state index is 12.1. The van der Waals surface area contributed by atoms with Gasteiger partial charge in [0.15, 0.2) is 15.9 Å². The number of nitrogens with one attached hydrogen (secondary N) is 1. The fourth-order valence-corrected chi connectivity index (χ4v) is 3.97. The van der Waals surface area contributed by atoms with E-state index in [0.29, 0.717) is 17.7 Å². The van der Waals surface area contributed by atoms with Gasteiger partial charge in [0.05, 0.1) is 24.2 Å². The molecule has 2 unspecified atom stereocenters. The third-order valence-electron chi connectivity index (χ3n) is 3.52. The number of carbonyl (C=O) groups excluding carboxylic acids is 2. The van der Waals surface area contributed by atoms with Gasteiger partial charge in [0.25, 0.3) is 5.91 Å². The average Bonchev–Trinajstić information content (AvgIpc) is 2.85. The summed E-state index contributed by atoms with van der Waals surface area (Å²) in [5.41, 5.74) is 0.319. The van der Waals surface area contributed by atoms with Crippen molar-refractivity contribution in [2.45, 2.75) is 25.5 Å². The van der Waals surface area contributed by atoms with Gasteiger partial charge in [-0.15, -0.1) is 0 Å². The molecule has 1 aliphatic rings. The largest absolute Gasteiger partial charge is 0.481 e. The van der Waals surface area contributed by atoms with Crippen molar-refractivity contribution in [3.63, 3.8) is 0 Å². The lowest BCUT2D eigenvalue weighted by Crippen LogP contribution is -2.43. The van der Waals surface area contributed by atoms with Gasteiger partial charge >= 0.3 is 5.97 Å². The van der Waals surface area contributed by atoms with Gasteiger partial charge in [0.2, 0.25) is 0 Å². The smallest absolute Gasteiger partial charge is 0.337 e. The second kappa shape index (κ2) is 6.99. The lowest BCUT2D eigenvalue weighted by atomic mass is 10.2. The SMILES string of the molecule is COC(=O)c1cccc(OC(C)C(=O)NC2CCS(=O)(=O)C2)c1. The molecule has 1 aromatic carbocycles. The van der Waals surface area contributed by atoms with Crippen LogP contribution in [0.4, 0.5) is 0 Å². The van der Waals surface area contributed by atoms with E-state index < -0.39 is 27.8 Å². The Balaban J connectivity index is 1.95. The number of amides is 1. The highest BCUT2D eigenvalue weighted by Gasteiger charge is 2.30. The van der Waals surface area contributed by atoms with E-state index in [4.69, 9.17) is 4.74 Å². The Morgan fingerprint density at radius 1 is 1.35 bits per heavy atom. The Bertz CT molecular complexity index is 700. The highest BCUT2D eigenvalue weighted by Crippen LogP contribution is 2.16. The zero-order chi connectivity index (χ0) is 17.0. The number of rotatable bonds is 5. The predicted octanol–water partition coefficient (Wildman–Crippen LogP) is 0.544. The summed E-state index contributed by atoms with van der Waals surface area (Å²) in [7, 11) is -1.77. The number of carbonyl (C=O) groups is 2. The molecule has 1 fully saturated rings. The Kier molecular flexibility index (Phi) is 5.25. The Labute approximate surface area is 134 Å². The fourth-order valence-electron chi connectivity index (χ4n) is 2.30. The molecule has 23 heavy (non-hydrogen) atoms. The number of methoxy groups -OCH3 is 1. The van der Waals surface area contributed by atoms with Crippen molar-refractivity contribution < 1.29 is 27.5 Å². The summed E-state index contributed by atoms with van der Waals surface area (Å²) in [4.78, 5) is 23.5. The topological polar surface area (TPSA) is 98.8 Å². The van der Waals surface area contributed by atoms with Crippen LogP contribution in [0.2, 0.25) is 0 Å². The minimum Gasteiger partial charge on any atom is -0.481 e. The van der Waals surface area contributed by atoms with Crippen LogP contribution in [0.15, 0.2) is 24.3 Å². The zero-order valence-electron chi connectivity index (χ0n) is 12.9. The first kappa shape index (κ1) is 17.3. The molecular weight excluding hydrogens is 322 g/mol. The molecule has 0 aromatic heterocycles. The monoisotopic (exact) mass is 341 g/mol. The number of ether oxygens (including phenoxy) is 2. The molecule has 2 atom stereocenters. The van der Waals surface area contributed by atoms with Crippen LogP contribution in [-0.2, 0) is 19.4 Å². The maximum atomic E-state index is 12.1. The van der Waals surface area contributed by atoms with Crippen molar-refractivity contribution >= 4 is 21.7 Å². The second-order valence-corrected chi connectivity index (χ2v) is 7.62. The molecule has 0 bridgehead atoms. The molecule has 0 saturated carbocycles. The average molecular weight is 341 g/mol. The molecule has 1 aliphatic heterocycles. The van der Waals surface area contributed by atoms with Crippen molar-refractivity contribution in [2.24, 2.45) is 0 Å². The van der Waals surface area contributed by atoms with Crippen molar-refractivity contribution in [1.82, 2.24) is 5.32 Å². The molecule has 1 saturated heterocycles. The Morgan fingerprint density at radius 2 is 2.09 bits per heavy atom. The van der Waals surface area contributed by atoms with Crippen LogP contribution in [0.1, 0.15) is 23.7 Å². The summed E-state index contributed by atoms with van der Waals surface area (Å²) in [5.74, 6) is -0.480. The number of hydrogen-bond acceptors (Lipinski definition) is 6. The minimum atomic E-state index is -3.05. The van der Waals surface area contributed by atoms with Crippen LogP contribution in [0, 0.1) is 0 Å². The number of benzene rings is 1. The lowest BCUT2D eigenvalue weighted by molar-refractivity contribution is -0.127. The minimum absolute atomic E-state index is 0.0384. The van der Waals surface area contributed by atoms with E-state index in [2.05, 4.69) is 10.1 Å². The van der Waals surface area contributed by atoms with Crippen LogP contribution in [-0.4, -0.2) is 51.1 Å². The number of sulfone groups is 1. The van der Waals surface area contributed by atoms with Gasteiger partial charge < -0.3 is 14.8 Å². The standard InChI is InChI=1S/C15H19NO6S/c1-10(14(17)16-12-6-7-23(19,20)9-12)22-13-5-3-4-11(8-13)15(18)21-2/h3-5,8,10,12H,6-7,9H2,1-2H3,(H,16,17). The van der Waals surface area contributed by atoms with Gasteiger partial charge in [-0.2, -0.15) is 0 Å². The van der Waals surface area contributed by atoms with Crippen molar-refractivity contribution in [2.75, 3.05) is 18.6 Å². The van der Waals surface area contributed by atoms with Crippen molar-refractivity contribution in [1.29, 1.82) is 0 Å². The van der Waals surface area contributed by atoms with E-state index >= 15 is 0 Å². The summed E-state index contributed by atoms with van der Waals surface area (Å²) >= 11 is 0. The highest BCUT2D eigenvalue weighted by atomic mass is 32.2. The summed E-state index contributed by atoms with van der Waals surface area (Å²) in [6, 6.07) is 5.93. The van der Waals surface area contributed by atoms with Gasteiger partial charge in [-0.05, 0) is 31.5 Å². The summed E-state index contributed by atoms with van der Waals surface area (Å²) in [6.45, 7) is 1.56. The van der Waals surface area contributed by atoms with Gasteiger partial charge in [-0.1, -0.05) is 6.07 Å². The third-order valence-corrected chi connectivity index (χ3v) is 5.28. The highest BCUT2D eigenvalue weighted by molar-refractivity contribution is 7.91. The van der Waals surface area contributed by atoms with E-state index in [9.17, 15) is 18.0 Å². The molecule has 2 rings (SSSR count). The zero-order valence-corrected chi connectivity index (χ0v) is 13.8. The first-order valence-corrected chi connectivity index (χ1v) is 8.99. The van der Waals surface area contributed by atoms with Gasteiger partial charge in [0.1, 0.15) is 5.75 Å². The fraction of sp³-hybridized carbons (Fsp3) is 0.467. The maximum Gasteiger partial charge on any atom is 0.337 e. The van der Waals surface area contributed by atoms with E-state index in [-0.39, 0.29) is 17.5 Å². The Morgan fingerprint density at radius 3 is 2.70 bits per heavy atom. The second-order valence-electron chi connectivity index (χ2n) is 5.39. The molecule has 1 N–H and O–H groups in total. The summed E-state index contributed by atoms with van der Waals surface area (Å²) < 4.78 is 32.9. The van der Waals surface area contributed by atoms with Crippen LogP contribution in [0.25, 0.3) is 0 Å². The molecule has 0 radical (unpaired) electrons. The Hall–Kier alpha value is -2.09. The number of esters is 1. The first-order valence-electron chi connectivity index (χ1n) is 7.16. The molecule has 0 aliphatic carbocycles. The molecule has 1 heterocycles.